The van der Waals surface area contributed by atoms with Gasteiger partial charge >= 0.3 is 0 Å². The van der Waals surface area contributed by atoms with Crippen molar-refractivity contribution in [1.82, 2.24) is 0 Å². The SMILES string of the molecule is CCCCCCCC1CCC(c2ccc3c(c2)c(=S)oc2c(F)c(CC)ccc23)CC1. The second-order valence-corrected chi connectivity index (χ2v) is 9.75. The summed E-state index contributed by atoms with van der Waals surface area (Å²) in [4.78, 5) is 0. The van der Waals surface area contributed by atoms with Crippen molar-refractivity contribution in [3.63, 3.8) is 0 Å². The Morgan fingerprint density at radius 3 is 2.39 bits per heavy atom. The molecule has 0 spiro atoms. The third-order valence-corrected chi connectivity index (χ3v) is 7.64. The van der Waals surface area contributed by atoms with Gasteiger partial charge in [0.05, 0.1) is 0 Å². The molecule has 1 saturated carbocycles. The molecule has 0 radical (unpaired) electrons. The molecule has 1 aliphatic rings. The van der Waals surface area contributed by atoms with Gasteiger partial charge in [0, 0.05) is 10.8 Å². The molecular weight excluding hydrogens is 403 g/mol. The van der Waals surface area contributed by atoms with Crippen LogP contribution in [0.3, 0.4) is 0 Å². The molecule has 0 amide bonds. The number of unbranched alkanes of at least 4 members (excludes halogenated alkanes) is 4. The van der Waals surface area contributed by atoms with Gasteiger partial charge in [-0.05, 0) is 78.7 Å². The molecule has 1 aliphatic carbocycles. The standard InChI is InChI=1S/C28H35FOS/c1-3-5-6-7-8-9-19-10-12-21(13-11-19)22-15-16-23-24-17-14-20(4-2)26(29)27(24)30-28(31)25(23)18-22/h14-19,21H,3-13H2,1-2H3. The van der Waals surface area contributed by atoms with Crippen molar-refractivity contribution >= 4 is 34.0 Å². The zero-order valence-electron chi connectivity index (χ0n) is 19.0. The van der Waals surface area contributed by atoms with E-state index in [1.807, 2.05) is 19.1 Å². The normalized spacial score (nSPS) is 19.3. The molecule has 0 aliphatic heterocycles. The van der Waals surface area contributed by atoms with E-state index in [0.29, 0.717) is 28.2 Å². The Bertz CT molecular complexity index is 1090. The van der Waals surface area contributed by atoms with Crippen LogP contribution in [0, 0.1) is 16.4 Å². The number of hydrogen-bond acceptors (Lipinski definition) is 2. The fourth-order valence-corrected chi connectivity index (χ4v) is 5.62. The summed E-state index contributed by atoms with van der Waals surface area (Å²) >= 11 is 5.54. The fraction of sp³-hybridized carbons (Fsp3) is 0.536. The first-order valence-electron chi connectivity index (χ1n) is 12.3. The summed E-state index contributed by atoms with van der Waals surface area (Å²) in [6.07, 6.45) is 14.1. The summed E-state index contributed by atoms with van der Waals surface area (Å²) in [7, 11) is 0. The summed E-state index contributed by atoms with van der Waals surface area (Å²) < 4.78 is 21.0. The maximum atomic E-state index is 14.8. The Morgan fingerprint density at radius 2 is 1.65 bits per heavy atom. The van der Waals surface area contributed by atoms with Crippen molar-refractivity contribution in [3.05, 3.63) is 52.0 Å². The second-order valence-electron chi connectivity index (χ2n) is 9.38. The lowest BCUT2D eigenvalue weighted by molar-refractivity contribution is 0.302. The number of fused-ring (bicyclic) bond motifs is 3. The lowest BCUT2D eigenvalue weighted by atomic mass is 9.77. The van der Waals surface area contributed by atoms with E-state index >= 15 is 0 Å². The van der Waals surface area contributed by atoms with E-state index in [9.17, 15) is 4.39 Å². The highest BCUT2D eigenvalue weighted by molar-refractivity contribution is 7.71. The largest absolute Gasteiger partial charge is 0.441 e. The Hall–Kier alpha value is -1.74. The molecule has 2 aromatic carbocycles. The molecule has 3 aromatic rings. The average Bonchev–Trinajstić information content (AvgIpc) is 2.80. The molecule has 1 aromatic heterocycles. The van der Waals surface area contributed by atoms with Crippen LogP contribution in [-0.4, -0.2) is 0 Å². The Morgan fingerprint density at radius 1 is 0.903 bits per heavy atom. The topological polar surface area (TPSA) is 13.1 Å². The Labute approximate surface area is 191 Å². The molecule has 0 saturated heterocycles. The van der Waals surface area contributed by atoms with E-state index < -0.39 is 0 Å². The summed E-state index contributed by atoms with van der Waals surface area (Å²) in [5, 5.41) is 2.76. The highest BCUT2D eigenvalue weighted by Crippen LogP contribution is 2.39. The third kappa shape index (κ3) is 4.87. The van der Waals surface area contributed by atoms with Gasteiger partial charge in [-0.3, -0.25) is 0 Å². The van der Waals surface area contributed by atoms with Crippen LogP contribution in [0.5, 0.6) is 0 Å². The van der Waals surface area contributed by atoms with E-state index in [1.54, 1.807) is 0 Å². The number of aryl methyl sites for hydroxylation is 1. The minimum absolute atomic E-state index is 0.273. The molecule has 0 N–H and O–H groups in total. The van der Waals surface area contributed by atoms with Gasteiger partial charge in [0.15, 0.2) is 16.1 Å². The molecule has 31 heavy (non-hydrogen) atoms. The number of rotatable bonds is 8. The number of halogens is 1. The minimum atomic E-state index is -0.273. The quantitative estimate of drug-likeness (QED) is 0.197. The molecule has 1 heterocycles. The predicted octanol–water partition coefficient (Wildman–Crippen LogP) is 9.65. The first-order chi connectivity index (χ1) is 15.1. The summed E-state index contributed by atoms with van der Waals surface area (Å²) in [6, 6.07) is 10.4. The lowest BCUT2D eigenvalue weighted by Gasteiger charge is -2.29. The zero-order chi connectivity index (χ0) is 21.8. The van der Waals surface area contributed by atoms with Crippen LogP contribution in [0.2, 0.25) is 0 Å². The molecule has 0 atom stereocenters. The van der Waals surface area contributed by atoms with E-state index in [0.717, 1.165) is 22.1 Å². The smallest absolute Gasteiger partial charge is 0.198 e. The molecule has 0 bridgehead atoms. The highest BCUT2D eigenvalue weighted by Gasteiger charge is 2.23. The zero-order valence-corrected chi connectivity index (χ0v) is 19.8. The van der Waals surface area contributed by atoms with Gasteiger partial charge in [0.2, 0.25) is 0 Å². The van der Waals surface area contributed by atoms with Crippen molar-refractivity contribution in [2.75, 3.05) is 0 Å². The summed E-state index contributed by atoms with van der Waals surface area (Å²) in [6.45, 7) is 4.23. The van der Waals surface area contributed by atoms with Gasteiger partial charge in [0.1, 0.15) is 0 Å². The summed E-state index contributed by atoms with van der Waals surface area (Å²) in [5.41, 5.74) is 2.33. The lowest BCUT2D eigenvalue weighted by Crippen LogP contribution is -2.13. The van der Waals surface area contributed by atoms with E-state index in [1.165, 1.54) is 69.8 Å². The van der Waals surface area contributed by atoms with Crippen molar-refractivity contribution in [1.29, 1.82) is 0 Å². The first kappa shape index (κ1) is 22.5. The average molecular weight is 439 g/mol. The van der Waals surface area contributed by atoms with E-state index in [4.69, 9.17) is 16.6 Å². The van der Waals surface area contributed by atoms with Crippen molar-refractivity contribution < 1.29 is 8.81 Å². The maximum Gasteiger partial charge on any atom is 0.198 e. The van der Waals surface area contributed by atoms with Crippen LogP contribution < -0.4 is 0 Å². The highest BCUT2D eigenvalue weighted by atomic mass is 32.1. The molecule has 1 fully saturated rings. The Balaban J connectivity index is 1.49. The first-order valence-corrected chi connectivity index (χ1v) is 12.7. The molecule has 0 unspecified atom stereocenters. The molecule has 3 heteroatoms. The van der Waals surface area contributed by atoms with Gasteiger partial charge in [-0.15, -0.1) is 0 Å². The van der Waals surface area contributed by atoms with Crippen molar-refractivity contribution in [3.8, 4) is 0 Å². The van der Waals surface area contributed by atoms with Crippen molar-refractivity contribution in [2.24, 2.45) is 5.92 Å². The van der Waals surface area contributed by atoms with E-state index in [2.05, 4.69) is 25.1 Å². The van der Waals surface area contributed by atoms with E-state index in [-0.39, 0.29) is 5.82 Å². The van der Waals surface area contributed by atoms with Crippen LogP contribution in [-0.2, 0) is 6.42 Å². The van der Waals surface area contributed by atoms with Gasteiger partial charge in [-0.1, -0.05) is 76.6 Å². The molecule has 4 rings (SSSR count). The van der Waals surface area contributed by atoms with Crippen LogP contribution in [0.4, 0.5) is 4.39 Å². The van der Waals surface area contributed by atoms with Gasteiger partial charge in [-0.25, -0.2) is 4.39 Å². The van der Waals surface area contributed by atoms with Crippen LogP contribution >= 0.6 is 12.2 Å². The maximum absolute atomic E-state index is 14.8. The molecular formula is C28H35FOS. The number of benzene rings is 2. The van der Waals surface area contributed by atoms with Gasteiger partial charge in [-0.2, -0.15) is 0 Å². The van der Waals surface area contributed by atoms with Gasteiger partial charge < -0.3 is 4.42 Å². The van der Waals surface area contributed by atoms with Crippen molar-refractivity contribution in [2.45, 2.75) is 90.4 Å². The molecule has 166 valence electrons. The minimum Gasteiger partial charge on any atom is -0.441 e. The number of hydrogen-bond donors (Lipinski definition) is 0. The predicted molar refractivity (Wildman–Crippen MR) is 132 cm³/mol. The van der Waals surface area contributed by atoms with Crippen LogP contribution in [0.15, 0.2) is 34.7 Å². The Kier molecular flexibility index (Phi) is 7.43. The summed E-state index contributed by atoms with van der Waals surface area (Å²) in [5.74, 6) is 1.23. The monoisotopic (exact) mass is 438 g/mol. The molecule has 1 nitrogen and oxygen atoms in total. The third-order valence-electron chi connectivity index (χ3n) is 7.34. The second kappa shape index (κ2) is 10.3. The fourth-order valence-electron chi connectivity index (χ4n) is 5.37. The van der Waals surface area contributed by atoms with Crippen LogP contribution in [0.1, 0.15) is 95.1 Å². The van der Waals surface area contributed by atoms with Gasteiger partial charge in [0.25, 0.3) is 0 Å². The van der Waals surface area contributed by atoms with Crippen LogP contribution in [0.25, 0.3) is 21.7 Å².